The molecule has 5 rings (SSSR count). The number of carbonyl (C=O) groups excluding carboxylic acids is 1. The Morgan fingerprint density at radius 2 is 1.82 bits per heavy atom. The Morgan fingerprint density at radius 3 is 2.68 bits per heavy atom. The van der Waals surface area contributed by atoms with Crippen LogP contribution in [-0.4, -0.2) is 64.4 Å². The largest absolute Gasteiger partial charge is 0.378 e. The molecule has 3 aromatic rings. The second-order valence-electron chi connectivity index (χ2n) is 7.60. The van der Waals surface area contributed by atoms with Crippen molar-refractivity contribution in [1.29, 1.82) is 0 Å². The van der Waals surface area contributed by atoms with Gasteiger partial charge in [-0.3, -0.25) is 14.4 Å². The summed E-state index contributed by atoms with van der Waals surface area (Å²) in [4.78, 5) is 17.7. The maximum Gasteiger partial charge on any atom is 0.275 e. The number of fused-ring (bicyclic) bond motifs is 2. The number of hydrogen-bond acceptors (Lipinski definition) is 4. The van der Waals surface area contributed by atoms with Crippen molar-refractivity contribution in [2.45, 2.75) is 12.1 Å². The van der Waals surface area contributed by atoms with Crippen molar-refractivity contribution in [3.63, 3.8) is 0 Å². The van der Waals surface area contributed by atoms with Gasteiger partial charge in [-0.25, -0.2) is 0 Å². The van der Waals surface area contributed by atoms with E-state index in [1.165, 1.54) is 5.56 Å². The molecule has 0 N–H and O–H groups in total. The SMILES string of the molecule is Cn1nc(C(=O)N2CCN3[C@@H](COC[C@@H]3c3ccccc3)C2)c2ccccc21. The summed E-state index contributed by atoms with van der Waals surface area (Å²) in [5, 5.41) is 5.43. The Kier molecular flexibility index (Phi) is 4.37. The summed E-state index contributed by atoms with van der Waals surface area (Å²) < 4.78 is 7.70. The van der Waals surface area contributed by atoms with Crippen LogP contribution >= 0.6 is 0 Å². The van der Waals surface area contributed by atoms with Gasteiger partial charge in [-0.05, 0) is 11.6 Å². The topological polar surface area (TPSA) is 50.6 Å². The zero-order valence-corrected chi connectivity index (χ0v) is 16.0. The number of nitrogens with zero attached hydrogens (tertiary/aromatic N) is 4. The number of carbonyl (C=O) groups is 1. The lowest BCUT2D eigenvalue weighted by Crippen LogP contribution is -2.60. The zero-order valence-electron chi connectivity index (χ0n) is 16.0. The molecule has 3 heterocycles. The highest BCUT2D eigenvalue weighted by Crippen LogP contribution is 2.30. The minimum atomic E-state index is 0.0123. The smallest absolute Gasteiger partial charge is 0.275 e. The number of amides is 1. The molecule has 1 amide bonds. The van der Waals surface area contributed by atoms with E-state index in [-0.39, 0.29) is 18.0 Å². The van der Waals surface area contributed by atoms with Crippen LogP contribution in [0.5, 0.6) is 0 Å². The predicted octanol–water partition coefficient (Wildman–Crippen LogP) is 2.47. The second kappa shape index (κ2) is 7.04. The number of rotatable bonds is 2. The summed E-state index contributed by atoms with van der Waals surface area (Å²) in [5.41, 5.74) is 2.81. The van der Waals surface area contributed by atoms with Crippen LogP contribution in [0.4, 0.5) is 0 Å². The third-order valence-corrected chi connectivity index (χ3v) is 5.95. The first kappa shape index (κ1) is 17.4. The summed E-state index contributed by atoms with van der Waals surface area (Å²) in [6, 6.07) is 18.9. The quantitative estimate of drug-likeness (QED) is 0.690. The monoisotopic (exact) mass is 376 g/mol. The molecule has 0 radical (unpaired) electrons. The average Bonchev–Trinajstić information content (AvgIpc) is 3.10. The summed E-state index contributed by atoms with van der Waals surface area (Å²) in [6.45, 7) is 3.61. The van der Waals surface area contributed by atoms with E-state index in [0.29, 0.717) is 32.0 Å². The lowest BCUT2D eigenvalue weighted by Gasteiger charge is -2.48. The third kappa shape index (κ3) is 2.89. The van der Waals surface area contributed by atoms with Gasteiger partial charge in [-0.2, -0.15) is 5.10 Å². The number of morpholine rings is 1. The molecule has 6 nitrogen and oxygen atoms in total. The molecule has 1 aromatic heterocycles. The van der Waals surface area contributed by atoms with Gasteiger partial charge in [0, 0.05) is 32.1 Å². The van der Waals surface area contributed by atoms with E-state index in [1.807, 2.05) is 42.3 Å². The number of aromatic nitrogens is 2. The van der Waals surface area contributed by atoms with E-state index >= 15 is 0 Å². The van der Waals surface area contributed by atoms with Crippen molar-refractivity contribution in [2.75, 3.05) is 32.8 Å². The van der Waals surface area contributed by atoms with Gasteiger partial charge >= 0.3 is 0 Å². The minimum absolute atomic E-state index is 0.0123. The van der Waals surface area contributed by atoms with Gasteiger partial charge in [-0.15, -0.1) is 0 Å². The molecule has 2 aromatic carbocycles. The molecule has 144 valence electrons. The lowest BCUT2D eigenvalue weighted by molar-refractivity contribution is -0.0770. The van der Waals surface area contributed by atoms with Crippen LogP contribution in [0.1, 0.15) is 22.1 Å². The molecule has 28 heavy (non-hydrogen) atoms. The number of piperazine rings is 1. The number of hydrogen-bond donors (Lipinski definition) is 0. The molecule has 0 spiro atoms. The summed E-state index contributed by atoms with van der Waals surface area (Å²) in [5.74, 6) is 0.0123. The predicted molar refractivity (Wildman–Crippen MR) is 107 cm³/mol. The molecule has 2 atom stereocenters. The molecule has 2 fully saturated rings. The Labute approximate surface area is 164 Å². The standard InChI is InChI=1S/C22H24N4O2/c1-24-19-10-6-5-9-18(19)21(23-24)22(27)25-11-12-26-17(13-25)14-28-15-20(26)16-7-3-2-4-8-16/h2-10,17,20H,11-15H2,1H3/t17-,20-/m1/s1. The fourth-order valence-corrected chi connectivity index (χ4v) is 4.51. The normalized spacial score (nSPS) is 23.0. The Hall–Kier alpha value is -2.70. The number of aryl methyl sites for hydroxylation is 1. The van der Waals surface area contributed by atoms with Gasteiger partial charge in [0.2, 0.25) is 0 Å². The highest BCUT2D eigenvalue weighted by atomic mass is 16.5. The van der Waals surface area contributed by atoms with E-state index < -0.39 is 0 Å². The first-order chi connectivity index (χ1) is 13.7. The maximum absolute atomic E-state index is 13.2. The van der Waals surface area contributed by atoms with Gasteiger partial charge < -0.3 is 9.64 Å². The molecule has 0 saturated carbocycles. The zero-order chi connectivity index (χ0) is 19.1. The maximum atomic E-state index is 13.2. The van der Waals surface area contributed by atoms with Crippen LogP contribution in [0.2, 0.25) is 0 Å². The third-order valence-electron chi connectivity index (χ3n) is 5.95. The van der Waals surface area contributed by atoms with E-state index in [4.69, 9.17) is 4.74 Å². The summed E-state index contributed by atoms with van der Waals surface area (Å²) in [7, 11) is 1.89. The van der Waals surface area contributed by atoms with Crippen molar-refractivity contribution in [3.8, 4) is 0 Å². The van der Waals surface area contributed by atoms with Gasteiger partial charge in [0.05, 0.1) is 30.8 Å². The number of para-hydroxylation sites is 1. The van der Waals surface area contributed by atoms with Crippen LogP contribution in [-0.2, 0) is 11.8 Å². The second-order valence-corrected chi connectivity index (χ2v) is 7.60. The first-order valence-electron chi connectivity index (χ1n) is 9.82. The van der Waals surface area contributed by atoms with Crippen LogP contribution in [0.15, 0.2) is 54.6 Å². The van der Waals surface area contributed by atoms with Gasteiger partial charge in [0.25, 0.3) is 5.91 Å². The molecule has 2 aliphatic heterocycles. The van der Waals surface area contributed by atoms with E-state index in [2.05, 4.69) is 34.3 Å². The van der Waals surface area contributed by atoms with Crippen LogP contribution in [0.3, 0.4) is 0 Å². The first-order valence-corrected chi connectivity index (χ1v) is 9.82. The number of benzene rings is 2. The van der Waals surface area contributed by atoms with Gasteiger partial charge in [0.15, 0.2) is 5.69 Å². The molecule has 2 saturated heterocycles. The molecular weight excluding hydrogens is 352 g/mol. The van der Waals surface area contributed by atoms with Crippen LogP contribution < -0.4 is 0 Å². The Balaban J connectivity index is 1.37. The van der Waals surface area contributed by atoms with E-state index in [9.17, 15) is 4.79 Å². The van der Waals surface area contributed by atoms with Crippen molar-refractivity contribution < 1.29 is 9.53 Å². The highest BCUT2D eigenvalue weighted by Gasteiger charge is 2.38. The summed E-state index contributed by atoms with van der Waals surface area (Å²) >= 11 is 0. The van der Waals surface area contributed by atoms with E-state index in [1.54, 1.807) is 4.68 Å². The van der Waals surface area contributed by atoms with Crippen molar-refractivity contribution in [3.05, 3.63) is 65.9 Å². The molecule has 0 unspecified atom stereocenters. The fraction of sp³-hybridized carbons (Fsp3) is 0.364. The summed E-state index contributed by atoms with van der Waals surface area (Å²) in [6.07, 6.45) is 0. The van der Waals surface area contributed by atoms with Crippen molar-refractivity contribution in [2.24, 2.45) is 7.05 Å². The van der Waals surface area contributed by atoms with Crippen molar-refractivity contribution in [1.82, 2.24) is 19.6 Å². The Morgan fingerprint density at radius 1 is 1.04 bits per heavy atom. The average molecular weight is 376 g/mol. The molecule has 0 aliphatic carbocycles. The minimum Gasteiger partial charge on any atom is -0.378 e. The fourth-order valence-electron chi connectivity index (χ4n) is 4.51. The van der Waals surface area contributed by atoms with E-state index in [0.717, 1.165) is 17.4 Å². The molecular formula is C22H24N4O2. The Bertz CT molecular complexity index is 1000. The van der Waals surface area contributed by atoms with Gasteiger partial charge in [0.1, 0.15) is 0 Å². The van der Waals surface area contributed by atoms with Crippen molar-refractivity contribution >= 4 is 16.8 Å². The molecule has 0 bridgehead atoms. The van der Waals surface area contributed by atoms with Crippen LogP contribution in [0.25, 0.3) is 10.9 Å². The lowest BCUT2D eigenvalue weighted by atomic mass is 10.00. The van der Waals surface area contributed by atoms with Crippen LogP contribution in [0, 0.1) is 0 Å². The van der Waals surface area contributed by atoms with Gasteiger partial charge in [-0.1, -0.05) is 48.5 Å². The highest BCUT2D eigenvalue weighted by molar-refractivity contribution is 6.04. The molecule has 2 aliphatic rings. The number of ether oxygens (including phenoxy) is 1. The molecule has 6 heteroatoms.